The van der Waals surface area contributed by atoms with Crippen LogP contribution in [0.25, 0.3) is 11.1 Å². The van der Waals surface area contributed by atoms with E-state index in [1.807, 2.05) is 0 Å². The van der Waals surface area contributed by atoms with Gasteiger partial charge in [0.05, 0.1) is 0 Å². The van der Waals surface area contributed by atoms with E-state index in [-0.39, 0.29) is 17.1 Å². The van der Waals surface area contributed by atoms with E-state index < -0.39 is 23.6 Å². The molecule has 2 aromatic carbocycles. The maximum absolute atomic E-state index is 14.3. The topological polar surface area (TPSA) is 71.1 Å². The molecule has 8 heteroatoms. The fourth-order valence-electron chi connectivity index (χ4n) is 2.09. The third-order valence-corrected chi connectivity index (χ3v) is 3.57. The third-order valence-electron chi connectivity index (χ3n) is 3.57. The minimum atomic E-state index is -0.708. The first-order chi connectivity index (χ1) is 14.8. The second-order valence-electron chi connectivity index (χ2n) is 5.90. The molecule has 2 aromatic rings. The van der Waals surface area contributed by atoms with Crippen LogP contribution in [0.3, 0.4) is 0 Å². The quantitative estimate of drug-likeness (QED) is 0.311. The van der Waals surface area contributed by atoms with Gasteiger partial charge in [-0.3, -0.25) is 0 Å². The molecule has 0 spiro atoms. The highest BCUT2D eigenvalue weighted by Gasteiger charge is 2.09. The van der Waals surface area contributed by atoms with Crippen molar-refractivity contribution in [3.8, 4) is 22.6 Å². The molecule has 31 heavy (non-hydrogen) atoms. The Labute approximate surface area is 177 Å². The fourth-order valence-corrected chi connectivity index (χ4v) is 2.09. The van der Waals surface area contributed by atoms with Gasteiger partial charge in [0.2, 0.25) is 0 Å². The SMILES string of the molecule is C=CC(=O)O/C=C\Oc1ccc(-c2ccc(O/C=C\OC(=O)C(=C)C)c(F)c2)cc1F. The van der Waals surface area contributed by atoms with Crippen molar-refractivity contribution in [1.82, 2.24) is 0 Å². The molecule has 0 amide bonds. The predicted molar refractivity (Wildman–Crippen MR) is 109 cm³/mol. The van der Waals surface area contributed by atoms with Crippen LogP contribution in [0.5, 0.6) is 11.5 Å². The highest BCUT2D eigenvalue weighted by atomic mass is 19.1. The number of rotatable bonds is 9. The second kappa shape index (κ2) is 11.1. The highest BCUT2D eigenvalue weighted by molar-refractivity contribution is 5.87. The van der Waals surface area contributed by atoms with Crippen LogP contribution in [-0.2, 0) is 19.1 Å². The molecule has 0 radical (unpaired) electrons. The van der Waals surface area contributed by atoms with E-state index in [1.165, 1.54) is 31.2 Å². The third kappa shape index (κ3) is 6.97. The number of halogens is 2. The van der Waals surface area contributed by atoms with Crippen LogP contribution in [0.1, 0.15) is 6.92 Å². The number of hydrogen-bond acceptors (Lipinski definition) is 6. The molecule has 6 nitrogen and oxygen atoms in total. The lowest BCUT2D eigenvalue weighted by Crippen LogP contribution is -1.99. The maximum Gasteiger partial charge on any atom is 0.338 e. The van der Waals surface area contributed by atoms with Gasteiger partial charge in [0.25, 0.3) is 0 Å². The van der Waals surface area contributed by atoms with Crippen molar-refractivity contribution in [2.45, 2.75) is 6.92 Å². The minimum Gasteiger partial charge on any atom is -0.459 e. The van der Waals surface area contributed by atoms with Gasteiger partial charge >= 0.3 is 11.9 Å². The van der Waals surface area contributed by atoms with Crippen molar-refractivity contribution in [3.63, 3.8) is 0 Å². The van der Waals surface area contributed by atoms with Gasteiger partial charge in [-0.2, -0.15) is 0 Å². The van der Waals surface area contributed by atoms with E-state index in [9.17, 15) is 18.4 Å². The molecule has 0 heterocycles. The van der Waals surface area contributed by atoms with Crippen molar-refractivity contribution in [2.24, 2.45) is 0 Å². The molecule has 0 bridgehead atoms. The first-order valence-corrected chi connectivity index (χ1v) is 8.74. The number of carbonyl (C=O) groups is 2. The first kappa shape index (κ1) is 23.1. The molecule has 2 rings (SSSR count). The summed E-state index contributed by atoms with van der Waals surface area (Å²) in [6.07, 6.45) is 4.87. The van der Waals surface area contributed by atoms with Gasteiger partial charge in [0, 0.05) is 11.6 Å². The lowest BCUT2D eigenvalue weighted by molar-refractivity contribution is -0.134. The highest BCUT2D eigenvalue weighted by Crippen LogP contribution is 2.29. The molecule has 0 atom stereocenters. The molecule has 160 valence electrons. The molecule has 0 saturated heterocycles. The number of benzene rings is 2. The van der Waals surface area contributed by atoms with Crippen LogP contribution in [0.15, 0.2) is 86.3 Å². The molecule has 0 aliphatic carbocycles. The Morgan fingerprint density at radius 2 is 1.32 bits per heavy atom. The zero-order valence-electron chi connectivity index (χ0n) is 16.5. The van der Waals surface area contributed by atoms with Crippen LogP contribution in [-0.4, -0.2) is 11.9 Å². The average Bonchev–Trinajstić information content (AvgIpc) is 2.75. The van der Waals surface area contributed by atoms with Crippen LogP contribution >= 0.6 is 0 Å². The fraction of sp³-hybridized carbons (Fsp3) is 0.0435. The summed E-state index contributed by atoms with van der Waals surface area (Å²) in [5.41, 5.74) is 0.989. The second-order valence-corrected chi connectivity index (χ2v) is 5.90. The molecule has 0 unspecified atom stereocenters. The smallest absolute Gasteiger partial charge is 0.338 e. The molecule has 0 aliphatic heterocycles. The predicted octanol–water partition coefficient (Wildman–Crippen LogP) is 5.18. The molecule has 0 aromatic heterocycles. The Morgan fingerprint density at radius 3 is 1.74 bits per heavy atom. The Bertz CT molecular complexity index is 1060. The van der Waals surface area contributed by atoms with Gasteiger partial charge in [0.1, 0.15) is 25.0 Å². The molecule has 0 N–H and O–H groups in total. The van der Waals surface area contributed by atoms with Crippen LogP contribution in [0, 0.1) is 11.6 Å². The number of hydrogen-bond donors (Lipinski definition) is 0. The molecule has 0 saturated carbocycles. The lowest BCUT2D eigenvalue weighted by Gasteiger charge is -2.08. The van der Waals surface area contributed by atoms with Gasteiger partial charge in [-0.05, 0) is 42.3 Å². The van der Waals surface area contributed by atoms with Crippen molar-refractivity contribution in [1.29, 1.82) is 0 Å². The molecule has 0 aliphatic rings. The van der Waals surface area contributed by atoms with Crippen molar-refractivity contribution in [2.75, 3.05) is 0 Å². The zero-order chi connectivity index (χ0) is 22.8. The minimum absolute atomic E-state index is 0.119. The van der Waals surface area contributed by atoms with Crippen molar-refractivity contribution < 1.29 is 37.3 Å². The van der Waals surface area contributed by atoms with Crippen LogP contribution in [0.4, 0.5) is 8.78 Å². The van der Waals surface area contributed by atoms with Crippen LogP contribution in [0.2, 0.25) is 0 Å². The molecule has 0 fully saturated rings. The maximum atomic E-state index is 14.3. The molecular formula is C23H18F2O6. The van der Waals surface area contributed by atoms with E-state index in [2.05, 4.69) is 22.6 Å². The Hall–Kier alpha value is -4.20. The summed E-state index contributed by atoms with van der Waals surface area (Å²) in [5, 5.41) is 0. The normalized spacial score (nSPS) is 10.7. The standard InChI is InChI=1S/C23H18F2O6/c1-4-22(26)30-11-9-28-20-7-5-16(13-18(20)24)17-6-8-21(19(25)14-17)29-10-12-31-23(27)15(2)3/h4-14H,1-2H2,3H3/b11-9-,12-10-. The van der Waals surface area contributed by atoms with E-state index >= 15 is 0 Å². The number of esters is 2. The summed E-state index contributed by atoms with van der Waals surface area (Å²) >= 11 is 0. The Morgan fingerprint density at radius 1 is 0.839 bits per heavy atom. The molecular weight excluding hydrogens is 410 g/mol. The van der Waals surface area contributed by atoms with Gasteiger partial charge in [-0.15, -0.1) is 0 Å². The van der Waals surface area contributed by atoms with E-state index in [1.54, 1.807) is 0 Å². The van der Waals surface area contributed by atoms with Crippen LogP contribution < -0.4 is 9.47 Å². The van der Waals surface area contributed by atoms with Gasteiger partial charge in [-0.1, -0.05) is 25.3 Å². The average molecular weight is 428 g/mol. The van der Waals surface area contributed by atoms with E-state index in [0.29, 0.717) is 11.1 Å². The van der Waals surface area contributed by atoms with Gasteiger partial charge < -0.3 is 18.9 Å². The van der Waals surface area contributed by atoms with E-state index in [0.717, 1.165) is 43.3 Å². The Balaban J connectivity index is 2.04. The number of ether oxygens (including phenoxy) is 4. The summed E-state index contributed by atoms with van der Waals surface area (Å²) in [7, 11) is 0. The summed E-state index contributed by atoms with van der Waals surface area (Å²) in [6.45, 7) is 8.12. The van der Waals surface area contributed by atoms with Crippen molar-refractivity contribution >= 4 is 11.9 Å². The summed E-state index contributed by atoms with van der Waals surface area (Å²) in [5.74, 6) is -2.98. The Kier molecular flexibility index (Phi) is 8.27. The largest absolute Gasteiger partial charge is 0.459 e. The first-order valence-electron chi connectivity index (χ1n) is 8.74. The summed E-state index contributed by atoms with van der Waals surface area (Å²) < 4.78 is 47.9. The monoisotopic (exact) mass is 428 g/mol. The lowest BCUT2D eigenvalue weighted by atomic mass is 10.0. The van der Waals surface area contributed by atoms with Gasteiger partial charge in [-0.25, -0.2) is 18.4 Å². The number of carbonyl (C=O) groups excluding carboxylic acids is 2. The summed E-state index contributed by atoms with van der Waals surface area (Å²) in [4.78, 5) is 22.1. The van der Waals surface area contributed by atoms with Crippen molar-refractivity contribution in [3.05, 3.63) is 97.9 Å². The van der Waals surface area contributed by atoms with Gasteiger partial charge in [0.15, 0.2) is 23.1 Å². The summed E-state index contributed by atoms with van der Waals surface area (Å²) in [6, 6.07) is 8.04. The zero-order valence-corrected chi connectivity index (χ0v) is 16.5. The van der Waals surface area contributed by atoms with E-state index in [4.69, 9.17) is 9.47 Å².